The molecule has 1 N–H and O–H groups in total. The predicted molar refractivity (Wildman–Crippen MR) is 56.3 cm³/mol. The van der Waals surface area contributed by atoms with Gasteiger partial charge in [-0.25, -0.2) is 0 Å². The zero-order valence-corrected chi connectivity index (χ0v) is 8.74. The van der Waals surface area contributed by atoms with Crippen molar-refractivity contribution in [2.45, 2.75) is 31.8 Å². The minimum absolute atomic E-state index is 0.140. The SMILES string of the molecule is OC1CCCC1Cc1ccncc1Cl. The Labute approximate surface area is 88.9 Å². The average Bonchev–Trinajstić information content (AvgIpc) is 2.56. The van der Waals surface area contributed by atoms with Gasteiger partial charge in [0.1, 0.15) is 0 Å². The molecule has 2 unspecified atom stereocenters. The molecule has 1 aromatic heterocycles. The first kappa shape index (κ1) is 9.94. The van der Waals surface area contributed by atoms with Gasteiger partial charge in [0, 0.05) is 12.4 Å². The van der Waals surface area contributed by atoms with Crippen LogP contribution in [-0.2, 0) is 6.42 Å². The third-order valence-electron chi connectivity index (χ3n) is 2.96. The highest BCUT2D eigenvalue weighted by Gasteiger charge is 2.25. The molecule has 2 nitrogen and oxygen atoms in total. The fourth-order valence-corrected chi connectivity index (χ4v) is 2.30. The number of hydrogen-bond acceptors (Lipinski definition) is 2. The molecule has 2 rings (SSSR count). The number of aliphatic hydroxyl groups excluding tert-OH is 1. The Morgan fingerprint density at radius 2 is 2.36 bits per heavy atom. The van der Waals surface area contributed by atoms with Crippen molar-refractivity contribution in [3.8, 4) is 0 Å². The van der Waals surface area contributed by atoms with Crippen molar-refractivity contribution in [1.82, 2.24) is 4.98 Å². The lowest BCUT2D eigenvalue weighted by Crippen LogP contribution is -2.15. The Hall–Kier alpha value is -0.600. The van der Waals surface area contributed by atoms with E-state index < -0.39 is 0 Å². The van der Waals surface area contributed by atoms with Crippen LogP contribution in [0.3, 0.4) is 0 Å². The Kier molecular flexibility index (Phi) is 3.04. The summed E-state index contributed by atoms with van der Waals surface area (Å²) < 4.78 is 0. The van der Waals surface area contributed by atoms with Crippen LogP contribution in [0, 0.1) is 5.92 Å². The fraction of sp³-hybridized carbons (Fsp3) is 0.545. The smallest absolute Gasteiger partial charge is 0.0621 e. The van der Waals surface area contributed by atoms with E-state index in [0.717, 1.165) is 31.2 Å². The second-order valence-corrected chi connectivity index (χ2v) is 4.34. The number of halogens is 1. The summed E-state index contributed by atoms with van der Waals surface area (Å²) in [6.45, 7) is 0. The Morgan fingerprint density at radius 3 is 3.00 bits per heavy atom. The molecule has 1 saturated carbocycles. The van der Waals surface area contributed by atoms with E-state index in [1.807, 2.05) is 6.07 Å². The topological polar surface area (TPSA) is 33.1 Å². The van der Waals surface area contributed by atoms with Gasteiger partial charge in [-0.05, 0) is 36.8 Å². The lowest BCUT2D eigenvalue weighted by molar-refractivity contribution is 0.132. The van der Waals surface area contributed by atoms with Crippen LogP contribution in [0.25, 0.3) is 0 Å². The van der Waals surface area contributed by atoms with Gasteiger partial charge >= 0.3 is 0 Å². The molecule has 0 spiro atoms. The van der Waals surface area contributed by atoms with E-state index in [1.165, 1.54) is 0 Å². The summed E-state index contributed by atoms with van der Waals surface area (Å²) in [5.41, 5.74) is 1.10. The summed E-state index contributed by atoms with van der Waals surface area (Å²) in [6, 6.07) is 1.94. The molecule has 0 saturated heterocycles. The summed E-state index contributed by atoms with van der Waals surface area (Å²) >= 11 is 6.01. The van der Waals surface area contributed by atoms with Gasteiger partial charge in [-0.2, -0.15) is 0 Å². The summed E-state index contributed by atoms with van der Waals surface area (Å²) in [5.74, 6) is 0.384. The van der Waals surface area contributed by atoms with Crippen molar-refractivity contribution in [2.75, 3.05) is 0 Å². The van der Waals surface area contributed by atoms with E-state index in [2.05, 4.69) is 4.98 Å². The lowest BCUT2D eigenvalue weighted by Gasteiger charge is -2.14. The molecule has 1 fully saturated rings. The first-order chi connectivity index (χ1) is 6.77. The van der Waals surface area contributed by atoms with Crippen molar-refractivity contribution >= 4 is 11.6 Å². The van der Waals surface area contributed by atoms with Crippen LogP contribution in [0.15, 0.2) is 18.5 Å². The number of pyridine rings is 1. The van der Waals surface area contributed by atoms with Gasteiger partial charge in [-0.3, -0.25) is 4.98 Å². The van der Waals surface area contributed by atoms with Gasteiger partial charge in [-0.15, -0.1) is 0 Å². The van der Waals surface area contributed by atoms with Crippen LogP contribution < -0.4 is 0 Å². The van der Waals surface area contributed by atoms with Crippen molar-refractivity contribution < 1.29 is 5.11 Å². The van der Waals surface area contributed by atoms with Gasteiger partial charge in [0.15, 0.2) is 0 Å². The van der Waals surface area contributed by atoms with Crippen molar-refractivity contribution in [1.29, 1.82) is 0 Å². The molecule has 14 heavy (non-hydrogen) atoms. The number of rotatable bonds is 2. The summed E-state index contributed by atoms with van der Waals surface area (Å²) in [5, 5.41) is 10.4. The van der Waals surface area contributed by atoms with Crippen molar-refractivity contribution in [2.24, 2.45) is 5.92 Å². The van der Waals surface area contributed by atoms with Gasteiger partial charge in [-0.1, -0.05) is 18.0 Å². The van der Waals surface area contributed by atoms with Crippen LogP contribution in [0.5, 0.6) is 0 Å². The average molecular weight is 212 g/mol. The Bertz CT molecular complexity index is 316. The minimum Gasteiger partial charge on any atom is -0.393 e. The largest absolute Gasteiger partial charge is 0.393 e. The number of aliphatic hydroxyl groups is 1. The number of aromatic nitrogens is 1. The maximum atomic E-state index is 9.68. The molecule has 3 heteroatoms. The molecule has 1 aromatic rings. The highest BCUT2D eigenvalue weighted by Crippen LogP contribution is 2.30. The molecular weight excluding hydrogens is 198 g/mol. The minimum atomic E-state index is -0.140. The first-order valence-electron chi connectivity index (χ1n) is 5.04. The van der Waals surface area contributed by atoms with Gasteiger partial charge < -0.3 is 5.11 Å². The fourth-order valence-electron chi connectivity index (χ4n) is 2.11. The molecule has 76 valence electrons. The van der Waals surface area contributed by atoms with Crippen LogP contribution in [0.4, 0.5) is 0 Å². The predicted octanol–water partition coefficient (Wildman–Crippen LogP) is 2.44. The quantitative estimate of drug-likeness (QED) is 0.815. The van der Waals surface area contributed by atoms with E-state index in [4.69, 9.17) is 11.6 Å². The zero-order chi connectivity index (χ0) is 9.97. The van der Waals surface area contributed by atoms with Gasteiger partial charge in [0.05, 0.1) is 11.1 Å². The second-order valence-electron chi connectivity index (χ2n) is 3.93. The summed E-state index contributed by atoms with van der Waals surface area (Å²) in [6.07, 6.45) is 7.34. The maximum absolute atomic E-state index is 9.68. The van der Waals surface area contributed by atoms with Crippen LogP contribution >= 0.6 is 11.6 Å². The van der Waals surface area contributed by atoms with E-state index in [0.29, 0.717) is 10.9 Å². The molecule has 1 aliphatic carbocycles. The van der Waals surface area contributed by atoms with E-state index >= 15 is 0 Å². The van der Waals surface area contributed by atoms with Gasteiger partial charge in [0.25, 0.3) is 0 Å². The van der Waals surface area contributed by atoms with Crippen LogP contribution in [-0.4, -0.2) is 16.2 Å². The van der Waals surface area contributed by atoms with E-state index in [-0.39, 0.29) is 6.10 Å². The third kappa shape index (κ3) is 2.07. The Morgan fingerprint density at radius 1 is 1.50 bits per heavy atom. The molecule has 0 aliphatic heterocycles. The summed E-state index contributed by atoms with van der Waals surface area (Å²) in [4.78, 5) is 3.94. The van der Waals surface area contributed by atoms with Crippen LogP contribution in [0.1, 0.15) is 24.8 Å². The van der Waals surface area contributed by atoms with Crippen molar-refractivity contribution in [3.63, 3.8) is 0 Å². The molecule has 0 amide bonds. The molecule has 0 aromatic carbocycles. The first-order valence-corrected chi connectivity index (χ1v) is 5.41. The highest BCUT2D eigenvalue weighted by molar-refractivity contribution is 6.31. The number of nitrogens with zero attached hydrogens (tertiary/aromatic N) is 1. The van der Waals surface area contributed by atoms with Crippen molar-refractivity contribution in [3.05, 3.63) is 29.0 Å². The molecule has 2 atom stereocenters. The Balaban J connectivity index is 2.07. The molecule has 1 heterocycles. The molecular formula is C11H14ClNO. The zero-order valence-electron chi connectivity index (χ0n) is 7.99. The number of hydrogen-bond donors (Lipinski definition) is 1. The normalized spacial score (nSPS) is 26.7. The maximum Gasteiger partial charge on any atom is 0.0621 e. The molecule has 1 aliphatic rings. The second kappa shape index (κ2) is 4.28. The van der Waals surface area contributed by atoms with Crippen LogP contribution in [0.2, 0.25) is 5.02 Å². The third-order valence-corrected chi connectivity index (χ3v) is 3.30. The van der Waals surface area contributed by atoms with E-state index in [1.54, 1.807) is 12.4 Å². The standard InChI is InChI=1S/C11H14ClNO/c12-10-7-13-5-4-8(10)6-9-2-1-3-11(9)14/h4-5,7,9,11,14H,1-3,6H2. The van der Waals surface area contributed by atoms with Gasteiger partial charge in [0.2, 0.25) is 0 Å². The lowest BCUT2D eigenvalue weighted by atomic mass is 9.97. The molecule has 0 bridgehead atoms. The van der Waals surface area contributed by atoms with E-state index in [9.17, 15) is 5.11 Å². The summed E-state index contributed by atoms with van der Waals surface area (Å²) in [7, 11) is 0. The highest BCUT2D eigenvalue weighted by atomic mass is 35.5. The molecule has 0 radical (unpaired) electrons. The monoisotopic (exact) mass is 211 g/mol.